The second-order valence-electron chi connectivity index (χ2n) is 3.87. The van der Waals surface area contributed by atoms with Crippen LogP contribution < -0.4 is 0 Å². The molecule has 7 nitrogen and oxygen atoms in total. The lowest BCUT2D eigenvalue weighted by Crippen LogP contribution is -2.36. The van der Waals surface area contributed by atoms with Gasteiger partial charge in [-0.2, -0.15) is 0 Å². The maximum absolute atomic E-state index is 11.3. The molecule has 0 fully saturated rings. The predicted octanol–water partition coefficient (Wildman–Crippen LogP) is 1.06. The number of ether oxygens (including phenoxy) is 1. The van der Waals surface area contributed by atoms with Gasteiger partial charge in [-0.3, -0.25) is 14.9 Å². The van der Waals surface area contributed by atoms with Crippen molar-refractivity contribution in [1.29, 1.82) is 0 Å². The largest absolute Gasteiger partial charge is 0.476 e. The molecule has 0 aromatic heterocycles. The van der Waals surface area contributed by atoms with Gasteiger partial charge in [0.05, 0.1) is 19.4 Å². The number of nitrogens with zero attached hydrogens (tertiary/aromatic N) is 1. The summed E-state index contributed by atoms with van der Waals surface area (Å²) in [6, 6.07) is 6.15. The molecule has 1 rings (SSSR count). The number of methoxy groups -OCH3 is 1. The molecule has 0 saturated carbocycles. The maximum atomic E-state index is 11.3. The Kier molecular flexibility index (Phi) is 4.99. The van der Waals surface area contributed by atoms with Crippen molar-refractivity contribution < 1.29 is 24.4 Å². The monoisotopic (exact) mass is 267 g/mol. The summed E-state index contributed by atoms with van der Waals surface area (Å²) in [5.74, 6) is -3.34. The van der Waals surface area contributed by atoms with E-state index in [-0.39, 0.29) is 6.42 Å². The summed E-state index contributed by atoms with van der Waals surface area (Å²) >= 11 is 0. The van der Waals surface area contributed by atoms with Gasteiger partial charge in [0.15, 0.2) is 0 Å². The van der Waals surface area contributed by atoms with Gasteiger partial charge in [0.25, 0.3) is 0 Å². The summed E-state index contributed by atoms with van der Waals surface area (Å²) in [5.41, 5.74) is 0.414. The van der Waals surface area contributed by atoms with Crippen LogP contribution in [-0.2, 0) is 14.3 Å². The van der Waals surface area contributed by atoms with E-state index in [1.807, 2.05) is 0 Å². The second kappa shape index (κ2) is 6.48. The van der Waals surface area contributed by atoms with Gasteiger partial charge in [-0.25, -0.2) is 4.79 Å². The Morgan fingerprint density at radius 3 is 2.37 bits per heavy atom. The van der Waals surface area contributed by atoms with E-state index in [9.17, 15) is 19.7 Å². The molecule has 1 aromatic carbocycles. The standard InChI is InChI=1S/C12H13NO6/c1-19-10(14)7-9(8-5-3-2-4-6-8)11(12(15)16)13(17)18/h2-6,9,11H,7H2,1H3,(H,15,16). The van der Waals surface area contributed by atoms with Gasteiger partial charge in [-0.1, -0.05) is 30.3 Å². The fourth-order valence-corrected chi connectivity index (χ4v) is 1.78. The number of carbonyl (C=O) groups is 2. The number of carbonyl (C=O) groups excluding carboxylic acids is 1. The summed E-state index contributed by atoms with van der Waals surface area (Å²) < 4.78 is 4.46. The first kappa shape index (κ1) is 14.6. The van der Waals surface area contributed by atoms with Gasteiger partial charge >= 0.3 is 18.0 Å². The molecule has 19 heavy (non-hydrogen) atoms. The molecule has 0 aliphatic rings. The number of carboxylic acid groups (broad SMARTS) is 1. The van der Waals surface area contributed by atoms with E-state index in [1.165, 1.54) is 0 Å². The third kappa shape index (κ3) is 3.77. The highest BCUT2D eigenvalue weighted by Gasteiger charge is 2.41. The van der Waals surface area contributed by atoms with Gasteiger partial charge in [0.1, 0.15) is 0 Å². The first-order chi connectivity index (χ1) is 8.97. The Balaban J connectivity index is 3.14. The van der Waals surface area contributed by atoms with E-state index < -0.39 is 28.8 Å². The number of hydrogen-bond donors (Lipinski definition) is 1. The topological polar surface area (TPSA) is 107 Å². The number of nitro groups is 1. The van der Waals surface area contributed by atoms with Crippen molar-refractivity contribution in [2.24, 2.45) is 0 Å². The maximum Gasteiger partial charge on any atom is 0.379 e. The van der Waals surface area contributed by atoms with E-state index in [2.05, 4.69) is 4.74 Å². The SMILES string of the molecule is COC(=O)CC(c1ccccc1)C(C(=O)O)[N+](=O)[O-]. The quantitative estimate of drug-likeness (QED) is 0.469. The Hall–Kier alpha value is -2.44. The third-order valence-corrected chi connectivity index (χ3v) is 2.70. The number of esters is 1. The van der Waals surface area contributed by atoms with Gasteiger partial charge in [-0.15, -0.1) is 0 Å². The second-order valence-corrected chi connectivity index (χ2v) is 3.87. The third-order valence-electron chi connectivity index (χ3n) is 2.70. The van der Waals surface area contributed by atoms with Crippen molar-refractivity contribution >= 4 is 11.9 Å². The Morgan fingerprint density at radius 2 is 1.95 bits per heavy atom. The molecule has 0 heterocycles. The lowest BCUT2D eigenvalue weighted by atomic mass is 9.89. The Bertz CT molecular complexity index is 458. The van der Waals surface area contributed by atoms with Crippen LogP contribution in [0.4, 0.5) is 0 Å². The van der Waals surface area contributed by atoms with Crippen LogP contribution in [-0.4, -0.2) is 35.1 Å². The minimum Gasteiger partial charge on any atom is -0.476 e. The Morgan fingerprint density at radius 1 is 1.37 bits per heavy atom. The first-order valence-electron chi connectivity index (χ1n) is 5.45. The summed E-state index contributed by atoms with van der Waals surface area (Å²) in [7, 11) is 1.15. The molecule has 1 aromatic rings. The van der Waals surface area contributed by atoms with Crippen LogP contribution >= 0.6 is 0 Å². The number of benzene rings is 1. The highest BCUT2D eigenvalue weighted by molar-refractivity contribution is 5.76. The molecule has 0 amide bonds. The van der Waals surface area contributed by atoms with Crippen LogP contribution in [0.3, 0.4) is 0 Å². The zero-order valence-corrected chi connectivity index (χ0v) is 10.2. The van der Waals surface area contributed by atoms with Crippen LogP contribution in [0.2, 0.25) is 0 Å². The zero-order chi connectivity index (χ0) is 14.4. The van der Waals surface area contributed by atoms with E-state index >= 15 is 0 Å². The summed E-state index contributed by atoms with van der Waals surface area (Å²) in [5, 5.41) is 19.9. The van der Waals surface area contributed by atoms with Gasteiger partial charge in [-0.05, 0) is 5.56 Å². The smallest absolute Gasteiger partial charge is 0.379 e. The highest BCUT2D eigenvalue weighted by atomic mass is 16.6. The molecular formula is C12H13NO6. The Labute approximate surface area is 109 Å². The molecule has 102 valence electrons. The van der Waals surface area contributed by atoms with Gasteiger partial charge in [0, 0.05) is 4.92 Å². The van der Waals surface area contributed by atoms with Gasteiger partial charge < -0.3 is 9.84 Å². The minimum absolute atomic E-state index is 0.363. The number of aliphatic carboxylic acids is 1. The fraction of sp³-hybridized carbons (Fsp3) is 0.333. The van der Waals surface area contributed by atoms with Crippen molar-refractivity contribution in [2.45, 2.75) is 18.4 Å². The molecule has 2 unspecified atom stereocenters. The lowest BCUT2D eigenvalue weighted by molar-refractivity contribution is -0.514. The summed E-state index contributed by atoms with van der Waals surface area (Å²) in [4.78, 5) is 32.3. The van der Waals surface area contributed by atoms with Gasteiger partial charge in [0.2, 0.25) is 0 Å². The zero-order valence-electron chi connectivity index (χ0n) is 10.2. The number of rotatable bonds is 6. The highest BCUT2D eigenvalue weighted by Crippen LogP contribution is 2.26. The van der Waals surface area contributed by atoms with Crippen LogP contribution in [0.15, 0.2) is 30.3 Å². The van der Waals surface area contributed by atoms with Crippen molar-refractivity contribution in [2.75, 3.05) is 7.11 Å². The van der Waals surface area contributed by atoms with E-state index in [0.717, 1.165) is 7.11 Å². The molecular weight excluding hydrogens is 254 g/mol. The molecule has 7 heteroatoms. The van der Waals surface area contributed by atoms with Crippen molar-refractivity contribution in [3.8, 4) is 0 Å². The molecule has 0 aliphatic carbocycles. The van der Waals surface area contributed by atoms with E-state index in [0.29, 0.717) is 5.56 Å². The first-order valence-corrected chi connectivity index (χ1v) is 5.45. The molecule has 0 aliphatic heterocycles. The van der Waals surface area contributed by atoms with Crippen LogP contribution in [0.5, 0.6) is 0 Å². The predicted molar refractivity (Wildman–Crippen MR) is 64.2 cm³/mol. The molecule has 1 N–H and O–H groups in total. The normalized spacial score (nSPS) is 13.3. The minimum atomic E-state index is -1.89. The van der Waals surface area contributed by atoms with E-state index in [4.69, 9.17) is 5.11 Å². The van der Waals surface area contributed by atoms with E-state index in [1.54, 1.807) is 30.3 Å². The van der Waals surface area contributed by atoms with Crippen molar-refractivity contribution in [3.63, 3.8) is 0 Å². The summed E-state index contributed by atoms with van der Waals surface area (Å²) in [6.45, 7) is 0. The molecule has 0 saturated heterocycles. The molecule has 2 atom stereocenters. The van der Waals surface area contributed by atoms with Crippen molar-refractivity contribution in [3.05, 3.63) is 46.0 Å². The lowest BCUT2D eigenvalue weighted by Gasteiger charge is -2.17. The summed E-state index contributed by atoms with van der Waals surface area (Å²) in [6.07, 6.45) is -0.363. The van der Waals surface area contributed by atoms with Crippen LogP contribution in [0.1, 0.15) is 17.9 Å². The number of carboxylic acids is 1. The average Bonchev–Trinajstić information content (AvgIpc) is 2.37. The molecule has 0 spiro atoms. The molecule has 0 bridgehead atoms. The fourth-order valence-electron chi connectivity index (χ4n) is 1.78. The number of hydrogen-bond acceptors (Lipinski definition) is 5. The average molecular weight is 267 g/mol. The van der Waals surface area contributed by atoms with Crippen LogP contribution in [0.25, 0.3) is 0 Å². The van der Waals surface area contributed by atoms with Crippen molar-refractivity contribution in [1.82, 2.24) is 0 Å². The van der Waals surface area contributed by atoms with Crippen LogP contribution in [0, 0.1) is 10.1 Å². The molecule has 0 radical (unpaired) electrons.